The van der Waals surface area contributed by atoms with Crippen molar-refractivity contribution >= 4 is 17.7 Å². The second-order valence-electron chi connectivity index (χ2n) is 6.07. The number of amides is 3. The van der Waals surface area contributed by atoms with Gasteiger partial charge in [0.1, 0.15) is 0 Å². The molecule has 6 nitrogen and oxygen atoms in total. The van der Waals surface area contributed by atoms with Crippen LogP contribution >= 0.6 is 0 Å². The van der Waals surface area contributed by atoms with E-state index in [-0.39, 0.29) is 0 Å². The van der Waals surface area contributed by atoms with Gasteiger partial charge in [0.2, 0.25) is 0 Å². The van der Waals surface area contributed by atoms with Crippen LogP contribution in [0.4, 0.5) is 0 Å². The standard InChI is InChI=1S/C20H15N3O3/c1-13-4-9-16-17(12-13)20(26)23(19(16)25)21-18(24)14-5-7-15(8-6-14)22-10-2-3-11-22/h2-12H,1H3,(H,21,24). The predicted octanol–water partition coefficient (Wildman–Crippen LogP) is 2.73. The summed E-state index contributed by atoms with van der Waals surface area (Å²) in [6.07, 6.45) is 3.80. The normalized spacial score (nSPS) is 13.0. The summed E-state index contributed by atoms with van der Waals surface area (Å²) in [7, 11) is 0. The molecule has 0 spiro atoms. The fraction of sp³-hybridized carbons (Fsp3) is 0.0500. The summed E-state index contributed by atoms with van der Waals surface area (Å²) in [4.78, 5) is 37.2. The smallest absolute Gasteiger partial charge is 0.280 e. The molecule has 6 heteroatoms. The maximum Gasteiger partial charge on any atom is 0.280 e. The van der Waals surface area contributed by atoms with Gasteiger partial charge in [-0.25, -0.2) is 0 Å². The SMILES string of the molecule is Cc1ccc2c(c1)C(=O)N(NC(=O)c1ccc(-n3cccc3)cc1)C2=O. The van der Waals surface area contributed by atoms with Crippen LogP contribution in [-0.2, 0) is 0 Å². The number of imide groups is 1. The molecule has 0 fully saturated rings. The molecule has 4 rings (SSSR count). The third-order valence-electron chi connectivity index (χ3n) is 4.29. The van der Waals surface area contributed by atoms with E-state index in [1.807, 2.05) is 36.0 Å². The first-order valence-electron chi connectivity index (χ1n) is 8.08. The Balaban J connectivity index is 1.54. The number of aromatic nitrogens is 1. The molecular formula is C20H15N3O3. The topological polar surface area (TPSA) is 71.4 Å². The van der Waals surface area contributed by atoms with Crippen molar-refractivity contribution in [3.63, 3.8) is 0 Å². The van der Waals surface area contributed by atoms with Gasteiger partial charge in [-0.3, -0.25) is 19.8 Å². The fourth-order valence-corrected chi connectivity index (χ4v) is 2.91. The van der Waals surface area contributed by atoms with Crippen molar-refractivity contribution in [3.05, 3.63) is 89.2 Å². The van der Waals surface area contributed by atoms with Gasteiger partial charge in [-0.1, -0.05) is 11.6 Å². The van der Waals surface area contributed by atoms with Gasteiger partial charge in [-0.15, -0.1) is 0 Å². The zero-order chi connectivity index (χ0) is 18.3. The van der Waals surface area contributed by atoms with Gasteiger partial charge < -0.3 is 4.57 Å². The summed E-state index contributed by atoms with van der Waals surface area (Å²) in [5.41, 5.74) is 5.14. The molecule has 0 atom stereocenters. The summed E-state index contributed by atoms with van der Waals surface area (Å²) < 4.78 is 1.91. The summed E-state index contributed by atoms with van der Waals surface area (Å²) >= 11 is 0. The van der Waals surface area contributed by atoms with E-state index < -0.39 is 17.7 Å². The number of nitrogens with one attached hydrogen (secondary N) is 1. The van der Waals surface area contributed by atoms with E-state index in [2.05, 4.69) is 5.43 Å². The molecule has 3 aromatic rings. The van der Waals surface area contributed by atoms with Gasteiger partial charge in [0.05, 0.1) is 11.1 Å². The van der Waals surface area contributed by atoms with Crippen LogP contribution in [0, 0.1) is 6.92 Å². The van der Waals surface area contributed by atoms with E-state index in [0.717, 1.165) is 16.3 Å². The van der Waals surface area contributed by atoms with Gasteiger partial charge in [0.15, 0.2) is 0 Å². The van der Waals surface area contributed by atoms with Gasteiger partial charge in [-0.05, 0) is 55.5 Å². The van der Waals surface area contributed by atoms with Gasteiger partial charge in [0, 0.05) is 23.6 Å². The van der Waals surface area contributed by atoms with Crippen LogP contribution in [0.3, 0.4) is 0 Å². The molecule has 2 heterocycles. The molecule has 0 radical (unpaired) electrons. The van der Waals surface area contributed by atoms with E-state index in [9.17, 15) is 14.4 Å². The Kier molecular flexibility index (Phi) is 3.65. The number of carbonyl (C=O) groups is 3. The summed E-state index contributed by atoms with van der Waals surface area (Å²) in [6.45, 7) is 1.84. The maximum atomic E-state index is 12.4. The van der Waals surface area contributed by atoms with Crippen LogP contribution in [0.1, 0.15) is 36.6 Å². The molecule has 1 aromatic heterocycles. The highest BCUT2D eigenvalue weighted by Gasteiger charge is 2.37. The molecule has 0 aliphatic carbocycles. The Morgan fingerprint density at radius 1 is 0.885 bits per heavy atom. The van der Waals surface area contributed by atoms with Crippen LogP contribution in [0.2, 0.25) is 0 Å². The average Bonchev–Trinajstić information content (AvgIpc) is 3.26. The molecule has 26 heavy (non-hydrogen) atoms. The highest BCUT2D eigenvalue weighted by Crippen LogP contribution is 2.22. The Hall–Kier alpha value is -3.67. The summed E-state index contributed by atoms with van der Waals surface area (Å²) in [6, 6.07) is 15.7. The van der Waals surface area contributed by atoms with Crippen LogP contribution in [-0.4, -0.2) is 27.3 Å². The first kappa shape index (κ1) is 15.8. The van der Waals surface area contributed by atoms with Crippen molar-refractivity contribution in [1.29, 1.82) is 0 Å². The number of nitrogens with zero attached hydrogens (tertiary/aromatic N) is 2. The number of hydrogen-bond acceptors (Lipinski definition) is 3. The van der Waals surface area contributed by atoms with Crippen molar-refractivity contribution < 1.29 is 14.4 Å². The molecule has 0 saturated heterocycles. The van der Waals surface area contributed by atoms with Crippen LogP contribution in [0.15, 0.2) is 67.0 Å². The van der Waals surface area contributed by atoms with Crippen LogP contribution in [0.25, 0.3) is 5.69 Å². The first-order chi connectivity index (χ1) is 12.5. The van der Waals surface area contributed by atoms with Gasteiger partial charge in [0.25, 0.3) is 17.7 Å². The molecule has 1 N–H and O–H groups in total. The van der Waals surface area contributed by atoms with Gasteiger partial charge in [-0.2, -0.15) is 5.01 Å². The van der Waals surface area contributed by atoms with E-state index >= 15 is 0 Å². The lowest BCUT2D eigenvalue weighted by Crippen LogP contribution is -2.45. The minimum Gasteiger partial charge on any atom is -0.324 e. The van der Waals surface area contributed by atoms with E-state index in [0.29, 0.717) is 16.7 Å². The number of hydrogen-bond donors (Lipinski definition) is 1. The quantitative estimate of drug-likeness (QED) is 0.742. The molecule has 0 saturated carbocycles. The molecule has 0 bridgehead atoms. The summed E-state index contributed by atoms with van der Waals surface area (Å²) in [5.74, 6) is -1.57. The number of hydrazine groups is 1. The maximum absolute atomic E-state index is 12.4. The van der Waals surface area contributed by atoms with Gasteiger partial charge >= 0.3 is 0 Å². The predicted molar refractivity (Wildman–Crippen MR) is 94.9 cm³/mol. The zero-order valence-corrected chi connectivity index (χ0v) is 14.0. The molecule has 2 aromatic carbocycles. The molecule has 128 valence electrons. The van der Waals surface area contributed by atoms with Crippen LogP contribution in [0.5, 0.6) is 0 Å². The second kappa shape index (κ2) is 6.00. The lowest BCUT2D eigenvalue weighted by atomic mass is 10.1. The lowest BCUT2D eigenvalue weighted by Gasteiger charge is -2.15. The third kappa shape index (κ3) is 2.57. The molecule has 1 aliphatic heterocycles. The zero-order valence-electron chi connectivity index (χ0n) is 14.0. The number of fused-ring (bicyclic) bond motifs is 1. The Bertz CT molecular complexity index is 1020. The monoisotopic (exact) mass is 345 g/mol. The highest BCUT2D eigenvalue weighted by atomic mass is 16.2. The van der Waals surface area contributed by atoms with Crippen LogP contribution < -0.4 is 5.43 Å². The van der Waals surface area contributed by atoms with Crippen molar-refractivity contribution in [1.82, 2.24) is 15.0 Å². The Labute approximate surface area is 149 Å². The minimum absolute atomic E-state index is 0.295. The Morgan fingerprint density at radius 3 is 2.23 bits per heavy atom. The van der Waals surface area contributed by atoms with Crippen molar-refractivity contribution in [2.75, 3.05) is 0 Å². The number of carbonyl (C=O) groups excluding carboxylic acids is 3. The number of benzene rings is 2. The molecular weight excluding hydrogens is 330 g/mol. The van der Waals surface area contributed by atoms with E-state index in [4.69, 9.17) is 0 Å². The Morgan fingerprint density at radius 2 is 1.54 bits per heavy atom. The highest BCUT2D eigenvalue weighted by molar-refractivity contribution is 6.22. The third-order valence-corrected chi connectivity index (χ3v) is 4.29. The van der Waals surface area contributed by atoms with E-state index in [1.54, 1.807) is 42.5 Å². The molecule has 1 aliphatic rings. The number of rotatable bonds is 3. The van der Waals surface area contributed by atoms with Crippen molar-refractivity contribution in [2.45, 2.75) is 6.92 Å². The minimum atomic E-state index is -0.526. The lowest BCUT2D eigenvalue weighted by molar-refractivity contribution is 0.0518. The number of aryl methyl sites for hydroxylation is 1. The molecule has 3 amide bonds. The average molecular weight is 345 g/mol. The second-order valence-corrected chi connectivity index (χ2v) is 6.07. The molecule has 0 unspecified atom stereocenters. The first-order valence-corrected chi connectivity index (χ1v) is 8.08. The van der Waals surface area contributed by atoms with Crippen molar-refractivity contribution in [2.24, 2.45) is 0 Å². The largest absolute Gasteiger partial charge is 0.324 e. The van der Waals surface area contributed by atoms with E-state index in [1.165, 1.54) is 0 Å². The fourth-order valence-electron chi connectivity index (χ4n) is 2.91. The van der Waals surface area contributed by atoms with Crippen molar-refractivity contribution in [3.8, 4) is 5.69 Å². The summed E-state index contributed by atoms with van der Waals surface area (Å²) in [5, 5.41) is 0.770.